The maximum atomic E-state index is 13.6. The Kier molecular flexibility index (Phi) is 9.31. The van der Waals surface area contributed by atoms with Crippen LogP contribution in [0.25, 0.3) is 11.3 Å². The summed E-state index contributed by atoms with van der Waals surface area (Å²) in [5.41, 5.74) is 1.59. The highest BCUT2D eigenvalue weighted by Gasteiger charge is 2.68. The molecule has 9 heteroatoms. The number of ether oxygens (including phenoxy) is 1. The summed E-state index contributed by atoms with van der Waals surface area (Å²) >= 11 is 8.90. The van der Waals surface area contributed by atoms with E-state index in [0.29, 0.717) is 12.8 Å². The quantitative estimate of drug-likeness (QED) is 0.113. The molecule has 244 valence electrons. The van der Waals surface area contributed by atoms with Crippen LogP contribution in [0.15, 0.2) is 71.2 Å². The number of aliphatic hydroxyl groups excluding tert-OH is 1. The number of benzene rings is 1. The van der Waals surface area contributed by atoms with Gasteiger partial charge in [0.25, 0.3) is 0 Å². The Morgan fingerprint density at radius 1 is 1.20 bits per heavy atom. The van der Waals surface area contributed by atoms with E-state index in [2.05, 4.69) is 31.9 Å². The lowest BCUT2D eigenvalue weighted by atomic mass is 9.44. The van der Waals surface area contributed by atoms with Crippen molar-refractivity contribution in [2.45, 2.75) is 82.9 Å². The fourth-order valence-electron chi connectivity index (χ4n) is 8.81. The van der Waals surface area contributed by atoms with Crippen molar-refractivity contribution in [2.24, 2.45) is 34.0 Å². The van der Waals surface area contributed by atoms with Crippen molar-refractivity contribution in [3.05, 3.63) is 77.4 Å². The maximum Gasteiger partial charge on any atom is 0.316 e. The monoisotopic (exact) mass is 679 g/mol. The van der Waals surface area contributed by atoms with Crippen LogP contribution >= 0.6 is 34.7 Å². The number of hydrogen-bond donors (Lipinski definition) is 1. The topological polar surface area (TPSA) is 80.4 Å². The average molecular weight is 680 g/mol. The number of hydrogen-bond acceptors (Lipinski definition) is 7. The number of carbonyl (C=O) groups excluding carboxylic acids is 2. The van der Waals surface area contributed by atoms with Crippen LogP contribution in [0.3, 0.4) is 0 Å². The molecule has 2 aromatic heterocycles. The van der Waals surface area contributed by atoms with Crippen molar-refractivity contribution < 1.29 is 24.0 Å². The lowest BCUT2D eigenvalue weighted by Gasteiger charge is -2.61. The normalized spacial score (nSPS) is 34.0. The number of aromatic nitrogens is 2. The molecule has 0 spiro atoms. The van der Waals surface area contributed by atoms with Crippen LogP contribution in [-0.2, 0) is 20.9 Å². The van der Waals surface area contributed by atoms with E-state index in [-0.39, 0.29) is 40.7 Å². The Balaban J connectivity index is 1.15. The number of carbonyl (C=O) groups is 2. The molecule has 6 rings (SSSR count). The van der Waals surface area contributed by atoms with Crippen molar-refractivity contribution in [2.75, 3.05) is 5.75 Å². The molecule has 8 atom stereocenters. The maximum absolute atomic E-state index is 13.6. The summed E-state index contributed by atoms with van der Waals surface area (Å²) in [6.07, 6.45) is 8.34. The first-order valence-electron chi connectivity index (χ1n) is 16.3. The molecular formula is C37H44ClN2O4S2+. The predicted molar refractivity (Wildman–Crippen MR) is 184 cm³/mol. The predicted octanol–water partition coefficient (Wildman–Crippen LogP) is 7.80. The molecule has 1 N–H and O–H groups in total. The molecule has 3 aliphatic rings. The second-order valence-corrected chi connectivity index (χ2v) is 16.8. The van der Waals surface area contributed by atoms with Gasteiger partial charge in [0.2, 0.25) is 0 Å². The molecule has 2 heterocycles. The summed E-state index contributed by atoms with van der Waals surface area (Å²) < 4.78 is 9.30. The van der Waals surface area contributed by atoms with Gasteiger partial charge in [0.1, 0.15) is 11.9 Å². The summed E-state index contributed by atoms with van der Waals surface area (Å²) in [6.45, 7) is 13.4. The van der Waals surface area contributed by atoms with Crippen LogP contribution < -0.4 is 4.57 Å². The number of aliphatic hydroxyl groups is 1. The summed E-state index contributed by atoms with van der Waals surface area (Å²) in [7, 11) is 0. The third-order valence-electron chi connectivity index (χ3n) is 11.8. The zero-order valence-corrected chi connectivity index (χ0v) is 29.5. The molecule has 3 aliphatic carbocycles. The Labute approximate surface area is 285 Å². The zero-order chi connectivity index (χ0) is 32.9. The number of halogens is 1. The van der Waals surface area contributed by atoms with Crippen LogP contribution in [-0.4, -0.2) is 39.8 Å². The van der Waals surface area contributed by atoms with Gasteiger partial charge in [-0.15, -0.1) is 17.9 Å². The number of pyridine rings is 1. The van der Waals surface area contributed by atoms with Gasteiger partial charge < -0.3 is 9.84 Å². The number of thiazole rings is 1. The SMILES string of the molecule is C=C[C@]1(C)C[C@@H](OC(=O)CSc2nc(-c3cc[n+](Cc4ccc(Cl)cc4)cc3)cs2)[C@]2(C)[C@H](C)CCC3(CCC(=O)[C@H]32)[C@@H](C)[C@@H]1O. The summed E-state index contributed by atoms with van der Waals surface area (Å²) in [5, 5.41) is 14.5. The molecule has 0 amide bonds. The van der Waals surface area contributed by atoms with E-state index in [0.717, 1.165) is 46.4 Å². The first kappa shape index (κ1) is 33.4. The van der Waals surface area contributed by atoms with Gasteiger partial charge in [-0.25, -0.2) is 9.55 Å². The minimum atomic E-state index is -0.675. The number of esters is 1. The minimum absolute atomic E-state index is 0.0524. The van der Waals surface area contributed by atoms with Gasteiger partial charge in [-0.05, 0) is 55.1 Å². The van der Waals surface area contributed by atoms with Crippen LogP contribution in [0.5, 0.6) is 0 Å². The molecule has 0 radical (unpaired) electrons. The number of nitrogens with zero attached hydrogens (tertiary/aromatic N) is 2. The Morgan fingerprint density at radius 3 is 2.61 bits per heavy atom. The standard InChI is InChI=1S/C37H44ClN2O4S2/c1-6-35(4)19-30(36(5)23(2)11-15-37(24(3)33(35)43)16-12-29(41)32(36)37)44-31(42)22-46-34-39-28(21-45-34)26-13-17-40(18-14-26)20-25-7-9-27(38)10-8-25/h6-10,13-14,17-18,21,23-24,30,32-33,43H,1,11-12,15-16,19-20,22H2,2-5H3/q+1/t23-,24+,30-,32+,33+,35-,36+,37?/m1/s1. The van der Waals surface area contributed by atoms with Gasteiger partial charge in [0.15, 0.2) is 23.3 Å². The van der Waals surface area contributed by atoms with Gasteiger partial charge in [-0.2, -0.15) is 0 Å². The van der Waals surface area contributed by atoms with Crippen molar-refractivity contribution in [3.63, 3.8) is 0 Å². The third kappa shape index (κ3) is 5.88. The summed E-state index contributed by atoms with van der Waals surface area (Å²) in [5.74, 6) is -0.0189. The van der Waals surface area contributed by atoms with Crippen LogP contribution in [0, 0.1) is 34.0 Å². The van der Waals surface area contributed by atoms with Crippen molar-refractivity contribution in [1.82, 2.24) is 4.98 Å². The molecule has 1 unspecified atom stereocenters. The largest absolute Gasteiger partial charge is 0.461 e. The van der Waals surface area contributed by atoms with Crippen LogP contribution in [0.2, 0.25) is 5.02 Å². The number of thioether (sulfide) groups is 1. The summed E-state index contributed by atoms with van der Waals surface area (Å²) in [6, 6.07) is 11.9. The van der Waals surface area contributed by atoms with Crippen molar-refractivity contribution in [1.29, 1.82) is 0 Å². The zero-order valence-electron chi connectivity index (χ0n) is 27.1. The van der Waals surface area contributed by atoms with E-state index in [4.69, 9.17) is 21.3 Å². The van der Waals surface area contributed by atoms with Gasteiger partial charge in [-0.3, -0.25) is 9.59 Å². The third-order valence-corrected chi connectivity index (χ3v) is 14.1. The smallest absolute Gasteiger partial charge is 0.316 e. The summed E-state index contributed by atoms with van der Waals surface area (Å²) in [4.78, 5) is 32.0. The molecule has 0 aliphatic heterocycles. The van der Waals surface area contributed by atoms with E-state index in [1.807, 2.05) is 67.2 Å². The second-order valence-electron chi connectivity index (χ2n) is 14.2. The molecule has 6 nitrogen and oxygen atoms in total. The second kappa shape index (κ2) is 12.8. The molecule has 0 saturated heterocycles. The highest BCUT2D eigenvalue weighted by atomic mass is 35.5. The lowest BCUT2D eigenvalue weighted by molar-refractivity contribution is -0.688. The average Bonchev–Trinajstić information content (AvgIpc) is 3.67. The fraction of sp³-hybridized carbons (Fsp3) is 0.514. The molecule has 3 saturated carbocycles. The van der Waals surface area contributed by atoms with E-state index in [9.17, 15) is 14.7 Å². The molecule has 1 aromatic carbocycles. The first-order chi connectivity index (χ1) is 21.9. The molecular weight excluding hydrogens is 636 g/mol. The van der Waals surface area contributed by atoms with Crippen LogP contribution in [0.1, 0.15) is 65.4 Å². The van der Waals surface area contributed by atoms with E-state index in [1.54, 1.807) is 0 Å². The number of Topliss-reactive ketones (excluding diaryl/α,β-unsaturated/α-hetero) is 1. The molecule has 2 bridgehead atoms. The number of rotatable bonds is 8. The van der Waals surface area contributed by atoms with Crippen LogP contribution in [0.4, 0.5) is 0 Å². The first-order valence-corrected chi connectivity index (χ1v) is 18.5. The molecule has 3 fully saturated rings. The minimum Gasteiger partial charge on any atom is -0.461 e. The number of ketones is 1. The Morgan fingerprint density at radius 2 is 1.91 bits per heavy atom. The van der Waals surface area contributed by atoms with E-state index >= 15 is 0 Å². The van der Waals surface area contributed by atoms with Crippen molar-refractivity contribution in [3.8, 4) is 11.3 Å². The Bertz CT molecular complexity index is 1610. The lowest BCUT2D eigenvalue weighted by Crippen LogP contribution is -2.63. The highest BCUT2D eigenvalue weighted by Crippen LogP contribution is 2.68. The van der Waals surface area contributed by atoms with Crippen molar-refractivity contribution >= 4 is 46.5 Å². The van der Waals surface area contributed by atoms with Gasteiger partial charge in [0.05, 0.1) is 17.6 Å². The van der Waals surface area contributed by atoms with Gasteiger partial charge in [0, 0.05) is 56.8 Å². The fourth-order valence-corrected chi connectivity index (χ4v) is 10.5. The molecule has 3 aromatic rings. The van der Waals surface area contributed by atoms with E-state index in [1.165, 1.54) is 28.7 Å². The Hall–Kier alpha value is -2.52. The van der Waals surface area contributed by atoms with Gasteiger partial charge in [-0.1, -0.05) is 69.3 Å². The molecule has 46 heavy (non-hydrogen) atoms. The van der Waals surface area contributed by atoms with E-state index < -0.39 is 23.0 Å². The highest BCUT2D eigenvalue weighted by molar-refractivity contribution is 8.01. The van der Waals surface area contributed by atoms with Gasteiger partial charge >= 0.3 is 5.97 Å².